The maximum atomic E-state index is 13.1. The molecule has 0 unspecified atom stereocenters. The van der Waals surface area contributed by atoms with Gasteiger partial charge < -0.3 is 10.2 Å². The lowest BCUT2D eigenvalue weighted by Crippen LogP contribution is -2.48. The highest BCUT2D eigenvalue weighted by atomic mass is 35.5. The van der Waals surface area contributed by atoms with Crippen LogP contribution in [-0.2, 0) is 21.9 Å². The molecular weight excluding hydrogens is 475 g/mol. The molecule has 4 nitrogen and oxygen atoms in total. The molecular formula is C23H27Cl3N2O2S. The Balaban J connectivity index is 2.12. The highest BCUT2D eigenvalue weighted by Crippen LogP contribution is 2.27. The molecule has 0 saturated heterocycles. The average Bonchev–Trinajstić information content (AvgIpc) is 2.72. The number of rotatable bonds is 10. The second-order valence-corrected chi connectivity index (χ2v) is 9.89. The molecule has 0 fully saturated rings. The summed E-state index contributed by atoms with van der Waals surface area (Å²) in [5.74, 6) is 0.854. The monoisotopic (exact) mass is 500 g/mol. The molecule has 0 aliphatic heterocycles. The summed E-state index contributed by atoms with van der Waals surface area (Å²) in [5.41, 5.74) is 1.70. The number of amides is 2. The quantitative estimate of drug-likeness (QED) is 0.430. The van der Waals surface area contributed by atoms with E-state index in [1.165, 1.54) is 16.7 Å². The lowest BCUT2D eigenvalue weighted by atomic mass is 10.1. The van der Waals surface area contributed by atoms with Crippen LogP contribution in [0.3, 0.4) is 0 Å². The van der Waals surface area contributed by atoms with Crippen molar-refractivity contribution in [3.8, 4) is 0 Å². The van der Waals surface area contributed by atoms with Gasteiger partial charge in [0.2, 0.25) is 11.8 Å². The van der Waals surface area contributed by atoms with Crippen molar-refractivity contribution < 1.29 is 9.59 Å². The number of hydrogen-bond acceptors (Lipinski definition) is 3. The Kier molecular flexibility index (Phi) is 10.5. The van der Waals surface area contributed by atoms with Gasteiger partial charge in [-0.15, -0.1) is 11.8 Å². The van der Waals surface area contributed by atoms with Crippen LogP contribution >= 0.6 is 46.6 Å². The molecule has 168 valence electrons. The fourth-order valence-electron chi connectivity index (χ4n) is 2.81. The number of thioether (sulfide) groups is 1. The van der Waals surface area contributed by atoms with Gasteiger partial charge in [0.05, 0.1) is 5.75 Å². The molecule has 1 atom stereocenters. The van der Waals surface area contributed by atoms with E-state index in [4.69, 9.17) is 34.8 Å². The number of nitrogens with zero attached hydrogens (tertiary/aromatic N) is 1. The molecule has 1 N–H and O–H groups in total. The van der Waals surface area contributed by atoms with Crippen molar-refractivity contribution in [3.05, 3.63) is 68.7 Å². The molecule has 8 heteroatoms. The number of halogens is 3. The van der Waals surface area contributed by atoms with E-state index in [2.05, 4.69) is 5.32 Å². The number of nitrogens with one attached hydrogen (secondary N) is 1. The van der Waals surface area contributed by atoms with E-state index in [0.717, 1.165) is 5.56 Å². The first-order chi connectivity index (χ1) is 14.7. The van der Waals surface area contributed by atoms with Gasteiger partial charge in [-0.3, -0.25) is 9.59 Å². The highest BCUT2D eigenvalue weighted by Gasteiger charge is 2.27. The Morgan fingerprint density at radius 1 is 1.00 bits per heavy atom. The van der Waals surface area contributed by atoms with E-state index in [9.17, 15) is 9.59 Å². The van der Waals surface area contributed by atoms with Gasteiger partial charge in [-0.1, -0.05) is 66.8 Å². The largest absolute Gasteiger partial charge is 0.354 e. The Hall–Kier alpha value is -1.40. The zero-order valence-electron chi connectivity index (χ0n) is 17.8. The zero-order chi connectivity index (χ0) is 23.0. The minimum atomic E-state index is -0.658. The molecule has 2 rings (SSSR count). The van der Waals surface area contributed by atoms with Crippen LogP contribution in [-0.4, -0.2) is 35.1 Å². The van der Waals surface area contributed by atoms with E-state index in [1.807, 2.05) is 38.1 Å². The Morgan fingerprint density at radius 2 is 1.61 bits per heavy atom. The van der Waals surface area contributed by atoms with Crippen molar-refractivity contribution in [3.63, 3.8) is 0 Å². The third kappa shape index (κ3) is 8.23. The van der Waals surface area contributed by atoms with Crippen molar-refractivity contribution in [2.45, 2.75) is 39.1 Å². The van der Waals surface area contributed by atoms with Crippen molar-refractivity contribution >= 4 is 58.4 Å². The van der Waals surface area contributed by atoms with Gasteiger partial charge in [0.1, 0.15) is 6.04 Å². The van der Waals surface area contributed by atoms with Gasteiger partial charge in [0, 0.05) is 39.5 Å². The van der Waals surface area contributed by atoms with Crippen molar-refractivity contribution in [2.24, 2.45) is 5.92 Å². The van der Waals surface area contributed by atoms with Crippen molar-refractivity contribution in [2.75, 3.05) is 12.3 Å². The summed E-state index contributed by atoms with van der Waals surface area (Å²) in [6.45, 7) is 6.47. The maximum Gasteiger partial charge on any atom is 0.242 e. The van der Waals surface area contributed by atoms with E-state index < -0.39 is 6.04 Å². The SMILES string of the molecule is CC(C)CNC(=O)[C@H](C)N(Cc1c(Cl)cccc1Cl)C(=O)CSCc1ccc(Cl)cc1. The normalized spacial score (nSPS) is 12.0. The van der Waals surface area contributed by atoms with Crippen LogP contribution in [0.2, 0.25) is 15.1 Å². The molecule has 2 aromatic rings. The Morgan fingerprint density at radius 3 is 2.19 bits per heavy atom. The van der Waals surface area contributed by atoms with Crippen molar-refractivity contribution in [1.29, 1.82) is 0 Å². The van der Waals surface area contributed by atoms with Gasteiger partial charge in [0.25, 0.3) is 0 Å². The van der Waals surface area contributed by atoms with Crippen LogP contribution < -0.4 is 5.32 Å². The number of carbonyl (C=O) groups excluding carboxylic acids is 2. The fraction of sp³-hybridized carbons (Fsp3) is 0.391. The first-order valence-corrected chi connectivity index (χ1v) is 12.3. The van der Waals surface area contributed by atoms with Crippen LogP contribution in [0.25, 0.3) is 0 Å². The minimum Gasteiger partial charge on any atom is -0.354 e. The van der Waals surface area contributed by atoms with E-state index in [0.29, 0.717) is 38.8 Å². The maximum absolute atomic E-state index is 13.1. The number of hydrogen-bond donors (Lipinski definition) is 1. The zero-order valence-corrected chi connectivity index (χ0v) is 20.9. The molecule has 0 saturated carbocycles. The first-order valence-electron chi connectivity index (χ1n) is 10.0. The minimum absolute atomic E-state index is 0.151. The summed E-state index contributed by atoms with van der Waals surface area (Å²) in [6.07, 6.45) is 0. The smallest absolute Gasteiger partial charge is 0.242 e. The lowest BCUT2D eigenvalue weighted by molar-refractivity contribution is -0.138. The topological polar surface area (TPSA) is 49.4 Å². The average molecular weight is 502 g/mol. The van der Waals surface area contributed by atoms with Gasteiger partial charge in [-0.2, -0.15) is 0 Å². The predicted octanol–water partition coefficient (Wildman–Crippen LogP) is 6.07. The Labute approximate surface area is 203 Å². The molecule has 0 bridgehead atoms. The fourth-order valence-corrected chi connectivity index (χ4v) is 4.32. The third-order valence-corrected chi connectivity index (χ3v) is 6.60. The van der Waals surface area contributed by atoms with Gasteiger partial charge in [0.15, 0.2) is 0 Å². The molecule has 31 heavy (non-hydrogen) atoms. The van der Waals surface area contributed by atoms with Crippen LogP contribution in [0, 0.1) is 5.92 Å². The summed E-state index contributed by atoms with van der Waals surface area (Å²) in [4.78, 5) is 27.3. The molecule has 0 aromatic heterocycles. The summed E-state index contributed by atoms with van der Waals surface area (Å²) < 4.78 is 0. The van der Waals surface area contributed by atoms with E-state index >= 15 is 0 Å². The first kappa shape index (κ1) is 25.9. The summed E-state index contributed by atoms with van der Waals surface area (Å²) in [5, 5.41) is 4.51. The van der Waals surface area contributed by atoms with Crippen LogP contribution in [0.4, 0.5) is 0 Å². The third-order valence-electron chi connectivity index (χ3n) is 4.65. The van der Waals surface area contributed by atoms with Crippen LogP contribution in [0.15, 0.2) is 42.5 Å². The summed E-state index contributed by atoms with van der Waals surface area (Å²) in [6, 6.07) is 12.1. The van der Waals surface area contributed by atoms with Gasteiger partial charge in [-0.25, -0.2) is 0 Å². The van der Waals surface area contributed by atoms with Crippen LogP contribution in [0.5, 0.6) is 0 Å². The van der Waals surface area contributed by atoms with E-state index in [1.54, 1.807) is 25.1 Å². The second-order valence-electron chi connectivity index (χ2n) is 7.66. The Bertz CT molecular complexity index is 871. The second kappa shape index (κ2) is 12.6. The number of carbonyl (C=O) groups is 2. The molecule has 0 radical (unpaired) electrons. The van der Waals surface area contributed by atoms with Gasteiger partial charge >= 0.3 is 0 Å². The van der Waals surface area contributed by atoms with Crippen LogP contribution in [0.1, 0.15) is 31.9 Å². The summed E-state index contributed by atoms with van der Waals surface area (Å²) >= 11 is 20.1. The summed E-state index contributed by atoms with van der Waals surface area (Å²) in [7, 11) is 0. The van der Waals surface area contributed by atoms with E-state index in [-0.39, 0.29) is 24.1 Å². The molecule has 2 amide bonds. The predicted molar refractivity (Wildman–Crippen MR) is 132 cm³/mol. The van der Waals surface area contributed by atoms with Gasteiger partial charge in [-0.05, 0) is 42.7 Å². The molecule has 0 spiro atoms. The highest BCUT2D eigenvalue weighted by molar-refractivity contribution is 7.99. The standard InChI is InChI=1S/C23H27Cl3N2O2S/c1-15(2)11-27-23(30)16(3)28(12-19-20(25)5-4-6-21(19)26)22(29)14-31-13-17-7-9-18(24)10-8-17/h4-10,15-16H,11-14H2,1-3H3,(H,27,30)/t16-/m0/s1. The molecule has 0 aliphatic rings. The lowest BCUT2D eigenvalue weighted by Gasteiger charge is -2.29. The molecule has 0 aliphatic carbocycles. The van der Waals surface area contributed by atoms with Crippen molar-refractivity contribution in [1.82, 2.24) is 10.2 Å². The molecule has 2 aromatic carbocycles. The number of benzene rings is 2. The molecule has 0 heterocycles.